The summed E-state index contributed by atoms with van der Waals surface area (Å²) in [5.41, 5.74) is 6.49. The number of rotatable bonds is 4. The largest absolute Gasteiger partial charge is 0.385 e. The first-order valence-electron chi connectivity index (χ1n) is 7.79. The lowest BCUT2D eigenvalue weighted by molar-refractivity contribution is 0.683. The van der Waals surface area contributed by atoms with Crippen LogP contribution in [0, 0.1) is 6.92 Å². The van der Waals surface area contributed by atoms with Crippen molar-refractivity contribution in [2.75, 3.05) is 23.3 Å². The molecule has 110 valence electrons. The van der Waals surface area contributed by atoms with Gasteiger partial charge in [0.1, 0.15) is 0 Å². The Hall–Kier alpha value is -2.03. The maximum Gasteiger partial charge on any atom is 0.0617 e. The van der Waals surface area contributed by atoms with Gasteiger partial charge in [0.05, 0.1) is 12.2 Å². The zero-order valence-electron chi connectivity index (χ0n) is 12.9. The average molecular weight is 281 g/mol. The molecular formula is C18H23N3. The minimum absolute atomic E-state index is 0.884. The Morgan fingerprint density at radius 1 is 1.24 bits per heavy atom. The summed E-state index contributed by atoms with van der Waals surface area (Å²) in [4.78, 5) is 6.98. The summed E-state index contributed by atoms with van der Waals surface area (Å²) in [5, 5.41) is 3.35. The van der Waals surface area contributed by atoms with Crippen molar-refractivity contribution in [1.82, 2.24) is 4.98 Å². The van der Waals surface area contributed by atoms with Gasteiger partial charge in [0.15, 0.2) is 0 Å². The number of nitrogens with zero attached hydrogens (tertiary/aromatic N) is 2. The van der Waals surface area contributed by atoms with Crippen LogP contribution in [0.15, 0.2) is 36.5 Å². The van der Waals surface area contributed by atoms with Crippen LogP contribution >= 0.6 is 0 Å². The molecule has 1 aliphatic heterocycles. The van der Waals surface area contributed by atoms with Gasteiger partial charge in [-0.25, -0.2) is 0 Å². The van der Waals surface area contributed by atoms with E-state index in [1.54, 1.807) is 0 Å². The highest BCUT2D eigenvalue weighted by Crippen LogP contribution is 2.29. The molecule has 0 spiro atoms. The number of pyridine rings is 1. The highest BCUT2D eigenvalue weighted by atomic mass is 15.1. The van der Waals surface area contributed by atoms with Crippen LogP contribution in [0.5, 0.6) is 0 Å². The zero-order valence-corrected chi connectivity index (χ0v) is 12.9. The molecule has 2 aromatic rings. The molecule has 0 saturated carbocycles. The first-order chi connectivity index (χ1) is 10.3. The van der Waals surface area contributed by atoms with Crippen LogP contribution in [0.25, 0.3) is 0 Å². The number of anilines is 2. The number of hydrogen-bond acceptors (Lipinski definition) is 3. The topological polar surface area (TPSA) is 28.2 Å². The number of aryl methyl sites for hydroxylation is 2. The fraction of sp³-hybridized carbons (Fsp3) is 0.389. The second kappa shape index (κ2) is 6.17. The Bertz CT molecular complexity index is 622. The fourth-order valence-corrected chi connectivity index (χ4v) is 3.04. The van der Waals surface area contributed by atoms with Crippen molar-refractivity contribution in [1.29, 1.82) is 0 Å². The highest BCUT2D eigenvalue weighted by molar-refractivity contribution is 5.57. The molecule has 3 rings (SSSR count). The van der Waals surface area contributed by atoms with E-state index in [0.717, 1.165) is 31.0 Å². The Labute approximate surface area is 127 Å². The van der Waals surface area contributed by atoms with Gasteiger partial charge in [0.2, 0.25) is 0 Å². The normalized spacial score (nSPS) is 13.9. The molecule has 0 saturated heterocycles. The molecule has 1 aromatic heterocycles. The molecule has 2 heterocycles. The highest BCUT2D eigenvalue weighted by Gasteiger charge is 2.17. The fourth-order valence-electron chi connectivity index (χ4n) is 3.04. The summed E-state index contributed by atoms with van der Waals surface area (Å²) in [6, 6.07) is 11.0. The lowest BCUT2D eigenvalue weighted by Crippen LogP contribution is -2.29. The van der Waals surface area contributed by atoms with E-state index in [9.17, 15) is 0 Å². The van der Waals surface area contributed by atoms with E-state index in [1.807, 2.05) is 12.3 Å². The van der Waals surface area contributed by atoms with E-state index in [0.29, 0.717) is 0 Å². The molecule has 0 atom stereocenters. The first-order valence-corrected chi connectivity index (χ1v) is 7.79. The molecule has 0 aliphatic carbocycles. The molecule has 0 unspecified atom stereocenters. The lowest BCUT2D eigenvalue weighted by atomic mass is 9.99. The van der Waals surface area contributed by atoms with Gasteiger partial charge >= 0.3 is 0 Å². The predicted octanol–water partition coefficient (Wildman–Crippen LogP) is 3.77. The van der Waals surface area contributed by atoms with Crippen molar-refractivity contribution in [2.24, 2.45) is 0 Å². The first kappa shape index (κ1) is 13.9. The Kier molecular flexibility index (Phi) is 4.09. The summed E-state index contributed by atoms with van der Waals surface area (Å²) < 4.78 is 0. The second-order valence-electron chi connectivity index (χ2n) is 5.72. The van der Waals surface area contributed by atoms with Crippen molar-refractivity contribution in [3.8, 4) is 0 Å². The summed E-state index contributed by atoms with van der Waals surface area (Å²) >= 11 is 0. The van der Waals surface area contributed by atoms with E-state index in [2.05, 4.69) is 53.3 Å². The predicted molar refractivity (Wildman–Crippen MR) is 89.0 cm³/mol. The van der Waals surface area contributed by atoms with E-state index in [1.165, 1.54) is 29.7 Å². The van der Waals surface area contributed by atoms with E-state index >= 15 is 0 Å². The standard InChI is InChI=1S/C18H23N3/c1-3-19-16-8-9-20-17(12-16)13-21-10-4-5-15-11-14(2)6-7-18(15)21/h6-9,11-12H,3-5,10,13H2,1-2H3,(H,19,20). The van der Waals surface area contributed by atoms with Crippen molar-refractivity contribution in [3.05, 3.63) is 53.3 Å². The second-order valence-corrected chi connectivity index (χ2v) is 5.72. The lowest BCUT2D eigenvalue weighted by Gasteiger charge is -2.31. The maximum atomic E-state index is 4.52. The summed E-state index contributed by atoms with van der Waals surface area (Å²) in [5.74, 6) is 0. The minimum Gasteiger partial charge on any atom is -0.385 e. The van der Waals surface area contributed by atoms with Crippen LogP contribution in [-0.4, -0.2) is 18.1 Å². The smallest absolute Gasteiger partial charge is 0.0617 e. The van der Waals surface area contributed by atoms with E-state index < -0.39 is 0 Å². The van der Waals surface area contributed by atoms with Crippen molar-refractivity contribution >= 4 is 11.4 Å². The van der Waals surface area contributed by atoms with Crippen LogP contribution in [0.4, 0.5) is 11.4 Å². The van der Waals surface area contributed by atoms with Crippen LogP contribution in [-0.2, 0) is 13.0 Å². The van der Waals surface area contributed by atoms with Gasteiger partial charge in [-0.15, -0.1) is 0 Å². The molecule has 21 heavy (non-hydrogen) atoms. The number of fused-ring (bicyclic) bond motifs is 1. The molecule has 1 aromatic carbocycles. The van der Waals surface area contributed by atoms with Gasteiger partial charge < -0.3 is 10.2 Å². The molecule has 0 radical (unpaired) electrons. The Morgan fingerprint density at radius 3 is 3.00 bits per heavy atom. The van der Waals surface area contributed by atoms with Gasteiger partial charge in [-0.2, -0.15) is 0 Å². The minimum atomic E-state index is 0.884. The Morgan fingerprint density at radius 2 is 2.14 bits per heavy atom. The van der Waals surface area contributed by atoms with E-state index in [4.69, 9.17) is 0 Å². The van der Waals surface area contributed by atoms with Crippen LogP contribution in [0.2, 0.25) is 0 Å². The number of hydrogen-bond donors (Lipinski definition) is 1. The SMILES string of the molecule is CCNc1ccnc(CN2CCCc3cc(C)ccc32)c1. The van der Waals surface area contributed by atoms with Crippen LogP contribution in [0.3, 0.4) is 0 Å². The molecule has 1 N–H and O–H groups in total. The molecule has 1 aliphatic rings. The van der Waals surface area contributed by atoms with Gasteiger partial charge in [-0.3, -0.25) is 4.98 Å². The third-order valence-electron chi connectivity index (χ3n) is 4.00. The van der Waals surface area contributed by atoms with Crippen molar-refractivity contribution < 1.29 is 0 Å². The van der Waals surface area contributed by atoms with Gasteiger partial charge in [-0.05, 0) is 50.5 Å². The molecular weight excluding hydrogens is 258 g/mol. The zero-order chi connectivity index (χ0) is 14.7. The number of aromatic nitrogens is 1. The third kappa shape index (κ3) is 3.18. The van der Waals surface area contributed by atoms with Crippen molar-refractivity contribution in [2.45, 2.75) is 33.2 Å². The average Bonchev–Trinajstić information content (AvgIpc) is 2.48. The molecule has 3 heteroatoms. The Balaban J connectivity index is 1.81. The summed E-state index contributed by atoms with van der Waals surface area (Å²) in [6.45, 7) is 7.22. The summed E-state index contributed by atoms with van der Waals surface area (Å²) in [6.07, 6.45) is 4.31. The van der Waals surface area contributed by atoms with Gasteiger partial charge in [-0.1, -0.05) is 17.7 Å². The quantitative estimate of drug-likeness (QED) is 0.924. The van der Waals surface area contributed by atoms with Crippen molar-refractivity contribution in [3.63, 3.8) is 0 Å². The van der Waals surface area contributed by atoms with E-state index in [-0.39, 0.29) is 0 Å². The van der Waals surface area contributed by atoms with Gasteiger partial charge in [0.25, 0.3) is 0 Å². The molecule has 0 fully saturated rings. The molecule has 3 nitrogen and oxygen atoms in total. The molecule has 0 bridgehead atoms. The number of nitrogens with one attached hydrogen (secondary N) is 1. The molecule has 0 amide bonds. The maximum absolute atomic E-state index is 4.52. The van der Waals surface area contributed by atoms with Crippen LogP contribution < -0.4 is 10.2 Å². The summed E-state index contributed by atoms with van der Waals surface area (Å²) in [7, 11) is 0. The third-order valence-corrected chi connectivity index (χ3v) is 4.00. The number of benzene rings is 1. The monoisotopic (exact) mass is 281 g/mol. The van der Waals surface area contributed by atoms with Gasteiger partial charge in [0, 0.05) is 30.7 Å². The van der Waals surface area contributed by atoms with Crippen LogP contribution in [0.1, 0.15) is 30.2 Å².